The second-order valence-electron chi connectivity index (χ2n) is 9.84. The predicted octanol–water partition coefficient (Wildman–Crippen LogP) is 7.07. The van der Waals surface area contributed by atoms with Gasteiger partial charge in [0.15, 0.2) is 0 Å². The number of carbonyl (C=O) groups is 1. The number of carbonyl (C=O) groups excluding carboxylic acids is 1. The van der Waals surface area contributed by atoms with E-state index in [2.05, 4.69) is 46.4 Å². The SMILES string of the molecule is [3H]C(=O)/C=C/[C@@H](C)C1CC[C@H]2/C(=C/C=C3/C[C@@H](C)C[C@H](C)C3=C)CCC[C@]12C. The molecule has 27 heavy (non-hydrogen) atoms. The first-order valence-electron chi connectivity index (χ1n) is 11.5. The Morgan fingerprint density at radius 1 is 1.30 bits per heavy atom. The molecule has 3 fully saturated rings. The summed E-state index contributed by atoms with van der Waals surface area (Å²) in [5, 5.41) is 0. The lowest BCUT2D eigenvalue weighted by Gasteiger charge is -2.44. The van der Waals surface area contributed by atoms with Crippen LogP contribution in [0, 0.1) is 35.0 Å². The van der Waals surface area contributed by atoms with Gasteiger partial charge in [0, 0.05) is 0 Å². The van der Waals surface area contributed by atoms with Crippen LogP contribution in [0.4, 0.5) is 0 Å². The first-order chi connectivity index (χ1) is 13.2. The molecule has 0 saturated heterocycles. The van der Waals surface area contributed by atoms with Crippen molar-refractivity contribution in [1.82, 2.24) is 0 Å². The smallest absolute Gasteiger partial charge is 0.142 e. The molecule has 0 radical (unpaired) electrons. The van der Waals surface area contributed by atoms with Crippen LogP contribution >= 0.6 is 0 Å². The largest absolute Gasteiger partial charge is 0.299 e. The lowest BCUT2D eigenvalue weighted by molar-refractivity contribution is -0.104. The molecule has 1 unspecified atom stereocenters. The first kappa shape index (κ1) is 19.0. The third-order valence-electron chi connectivity index (χ3n) is 7.97. The van der Waals surface area contributed by atoms with Gasteiger partial charge >= 0.3 is 0 Å². The van der Waals surface area contributed by atoms with Crippen molar-refractivity contribution >= 4 is 6.26 Å². The first-order valence-corrected chi connectivity index (χ1v) is 11.0. The average Bonchev–Trinajstić information content (AvgIpc) is 2.99. The number of hydrogen-bond donors (Lipinski definition) is 0. The number of allylic oxidation sites excluding steroid dienone is 7. The molecule has 0 amide bonds. The molecule has 3 aliphatic rings. The van der Waals surface area contributed by atoms with Crippen LogP contribution in [0.3, 0.4) is 0 Å². The molecule has 0 aromatic carbocycles. The lowest BCUT2D eigenvalue weighted by atomic mass is 9.61. The number of aldehydes is 1. The summed E-state index contributed by atoms with van der Waals surface area (Å²) in [7, 11) is 0. The van der Waals surface area contributed by atoms with E-state index in [-0.39, 0.29) is 0 Å². The van der Waals surface area contributed by atoms with Crippen molar-refractivity contribution < 1.29 is 6.17 Å². The molecule has 148 valence electrons. The normalized spacial score (nSPS) is 41.8. The maximum absolute atomic E-state index is 11.0. The van der Waals surface area contributed by atoms with E-state index in [0.717, 1.165) is 5.92 Å². The van der Waals surface area contributed by atoms with E-state index in [4.69, 9.17) is 1.37 Å². The molecule has 1 nitrogen and oxygen atoms in total. The third kappa shape index (κ3) is 4.08. The van der Waals surface area contributed by atoms with Crippen LogP contribution in [-0.2, 0) is 4.79 Å². The topological polar surface area (TPSA) is 17.1 Å². The van der Waals surface area contributed by atoms with Crippen LogP contribution in [-0.4, -0.2) is 6.26 Å². The van der Waals surface area contributed by atoms with Crippen LogP contribution in [0.2, 0.25) is 0 Å². The molecule has 0 spiro atoms. The molecule has 0 aromatic rings. The standard InChI is InChI=1S/C26H38O/c1-18-16-20(3)21(4)23(17-18)11-10-22-9-6-14-26(5)24(12-13-25(22)26)19(2)8-7-15-27/h7-8,10-11,15,18-20,24-25H,4,6,9,12-14,16-17H2,1-3,5H3/b8-7+,22-10+,23-11-/t18-,19+,20-,24?,25-,26+/m0/s1/i15T. The van der Waals surface area contributed by atoms with E-state index in [9.17, 15) is 4.79 Å². The van der Waals surface area contributed by atoms with Crippen LogP contribution < -0.4 is 0 Å². The molecular weight excluding hydrogens is 328 g/mol. The molecule has 3 saturated carbocycles. The number of rotatable bonds is 4. The van der Waals surface area contributed by atoms with Crippen molar-refractivity contribution in [3.63, 3.8) is 0 Å². The Kier molecular flexibility index (Phi) is 5.85. The molecule has 3 aliphatic carbocycles. The van der Waals surface area contributed by atoms with Gasteiger partial charge in [-0.25, -0.2) is 0 Å². The van der Waals surface area contributed by atoms with Crippen LogP contribution in [0.25, 0.3) is 0 Å². The van der Waals surface area contributed by atoms with E-state index in [0.29, 0.717) is 29.1 Å². The van der Waals surface area contributed by atoms with Crippen LogP contribution in [0.15, 0.2) is 47.6 Å². The fraction of sp³-hybridized carbons (Fsp3) is 0.654. The van der Waals surface area contributed by atoms with E-state index >= 15 is 0 Å². The van der Waals surface area contributed by atoms with Gasteiger partial charge in [0.1, 0.15) is 7.63 Å². The minimum Gasteiger partial charge on any atom is -0.299 e. The highest BCUT2D eigenvalue weighted by Crippen LogP contribution is 2.59. The summed E-state index contributed by atoms with van der Waals surface area (Å²) in [5.74, 6) is 2.99. The minimum atomic E-state index is -0.585. The van der Waals surface area contributed by atoms with Crippen molar-refractivity contribution in [2.24, 2.45) is 35.0 Å². The Morgan fingerprint density at radius 2 is 2.07 bits per heavy atom. The zero-order chi connectivity index (χ0) is 20.5. The Hall–Kier alpha value is -1.37. The highest BCUT2D eigenvalue weighted by atomic mass is 16.1. The molecule has 0 bridgehead atoms. The van der Waals surface area contributed by atoms with Gasteiger partial charge in [0.05, 0.1) is 0 Å². The van der Waals surface area contributed by atoms with Gasteiger partial charge in [-0.2, -0.15) is 0 Å². The number of hydrogen-bond acceptors (Lipinski definition) is 1. The predicted molar refractivity (Wildman–Crippen MR) is 115 cm³/mol. The van der Waals surface area contributed by atoms with Gasteiger partial charge in [0.2, 0.25) is 0 Å². The van der Waals surface area contributed by atoms with E-state index in [1.54, 1.807) is 5.57 Å². The van der Waals surface area contributed by atoms with Gasteiger partial charge in [0.25, 0.3) is 0 Å². The second-order valence-corrected chi connectivity index (χ2v) is 9.84. The molecule has 3 rings (SSSR count). The highest BCUT2D eigenvalue weighted by molar-refractivity contribution is 5.64. The van der Waals surface area contributed by atoms with Crippen molar-refractivity contribution in [3.05, 3.63) is 47.6 Å². The monoisotopic (exact) mass is 368 g/mol. The Bertz CT molecular complexity index is 712. The molecular formula is C26H38O. The van der Waals surface area contributed by atoms with Gasteiger partial charge in [-0.05, 0) is 97.2 Å². The maximum atomic E-state index is 11.0. The Morgan fingerprint density at radius 3 is 2.81 bits per heavy atom. The lowest BCUT2D eigenvalue weighted by Crippen LogP contribution is -2.35. The van der Waals surface area contributed by atoms with Crippen molar-refractivity contribution in [2.75, 3.05) is 0 Å². The van der Waals surface area contributed by atoms with Crippen LogP contribution in [0.1, 0.15) is 74.0 Å². The van der Waals surface area contributed by atoms with Gasteiger partial charge in [-0.3, -0.25) is 4.79 Å². The van der Waals surface area contributed by atoms with Crippen molar-refractivity contribution in [2.45, 2.75) is 72.6 Å². The van der Waals surface area contributed by atoms with E-state index < -0.39 is 6.26 Å². The maximum Gasteiger partial charge on any atom is 0.142 e. The van der Waals surface area contributed by atoms with Crippen molar-refractivity contribution in [3.8, 4) is 0 Å². The van der Waals surface area contributed by atoms with Crippen molar-refractivity contribution in [1.29, 1.82) is 0 Å². The Labute approximate surface area is 168 Å². The van der Waals surface area contributed by atoms with Gasteiger partial charge in [-0.15, -0.1) is 0 Å². The summed E-state index contributed by atoms with van der Waals surface area (Å²) >= 11 is 0. The fourth-order valence-corrected chi connectivity index (χ4v) is 6.50. The summed E-state index contributed by atoms with van der Waals surface area (Å²) in [6.45, 7) is 13.8. The van der Waals surface area contributed by atoms with Gasteiger partial charge < -0.3 is 0 Å². The molecule has 6 atom stereocenters. The molecule has 0 aromatic heterocycles. The highest BCUT2D eigenvalue weighted by Gasteiger charge is 2.50. The molecule has 0 N–H and O–H groups in total. The molecule has 1 heteroatoms. The summed E-state index contributed by atoms with van der Waals surface area (Å²) in [5.41, 5.74) is 4.76. The van der Waals surface area contributed by atoms with E-state index in [1.165, 1.54) is 62.2 Å². The van der Waals surface area contributed by atoms with E-state index in [1.807, 2.05) is 6.08 Å². The quantitative estimate of drug-likeness (QED) is 0.383. The Balaban J connectivity index is 1.80. The summed E-state index contributed by atoms with van der Waals surface area (Å²) in [6, 6.07) is 0. The number of fused-ring (bicyclic) bond motifs is 1. The minimum absolute atomic E-state index is 0.321. The summed E-state index contributed by atoms with van der Waals surface area (Å²) < 4.78 is 7.15. The second kappa shape index (κ2) is 8.33. The fourth-order valence-electron chi connectivity index (χ4n) is 6.50. The average molecular weight is 369 g/mol. The van der Waals surface area contributed by atoms with Gasteiger partial charge in [-0.1, -0.05) is 58.1 Å². The van der Waals surface area contributed by atoms with Crippen LogP contribution in [0.5, 0.6) is 0 Å². The molecule has 0 aliphatic heterocycles. The summed E-state index contributed by atoms with van der Waals surface area (Å²) in [6.07, 6.45) is 16.4. The zero-order valence-electron chi connectivity index (χ0n) is 18.8. The molecule has 0 heterocycles. The zero-order valence-corrected chi connectivity index (χ0v) is 17.8. The summed E-state index contributed by atoms with van der Waals surface area (Å²) in [4.78, 5) is 11.0. The third-order valence-corrected chi connectivity index (χ3v) is 7.97.